The summed E-state index contributed by atoms with van der Waals surface area (Å²) < 4.78 is 8.06. The first kappa shape index (κ1) is 11.4. The van der Waals surface area contributed by atoms with Crippen LogP contribution >= 0.6 is 15.9 Å². The highest BCUT2D eigenvalue weighted by Gasteiger charge is 2.00. The van der Waals surface area contributed by atoms with E-state index in [-0.39, 0.29) is 0 Å². The fourth-order valence-electron chi connectivity index (χ4n) is 1.49. The lowest BCUT2D eigenvalue weighted by Gasteiger charge is -2.03. The molecule has 0 aromatic carbocycles. The number of nitrogens with one attached hydrogen (secondary N) is 1. The molecule has 16 heavy (non-hydrogen) atoms. The van der Waals surface area contributed by atoms with Gasteiger partial charge in [-0.25, -0.2) is 0 Å². The molecule has 86 valence electrons. The van der Waals surface area contributed by atoms with Gasteiger partial charge in [0.2, 0.25) is 0 Å². The van der Waals surface area contributed by atoms with Gasteiger partial charge in [0.15, 0.2) is 4.67 Å². The second-order valence-corrected chi connectivity index (χ2v) is 4.36. The van der Waals surface area contributed by atoms with Crippen molar-refractivity contribution in [3.8, 4) is 0 Å². The third-order valence-electron chi connectivity index (χ3n) is 2.41. The molecule has 2 heterocycles. The monoisotopic (exact) mass is 283 g/mol. The predicted octanol–water partition coefficient (Wildman–Crippen LogP) is 2.11. The standard InChI is InChI=1S/C11H14BrN3O/c1-15-9(4-7-14-15)8-13-6-5-10-2-3-11(12)16-10/h2-4,7,13H,5-6,8H2,1H3. The summed E-state index contributed by atoms with van der Waals surface area (Å²) in [4.78, 5) is 0. The number of aryl methyl sites for hydroxylation is 1. The first-order chi connectivity index (χ1) is 7.75. The van der Waals surface area contributed by atoms with Crippen LogP contribution in [0.15, 0.2) is 33.5 Å². The number of hydrogen-bond donors (Lipinski definition) is 1. The molecule has 2 rings (SSSR count). The summed E-state index contributed by atoms with van der Waals surface area (Å²) in [6, 6.07) is 5.91. The lowest BCUT2D eigenvalue weighted by Crippen LogP contribution is -2.18. The second-order valence-electron chi connectivity index (χ2n) is 3.58. The van der Waals surface area contributed by atoms with Crippen LogP contribution in [-0.2, 0) is 20.0 Å². The Morgan fingerprint density at radius 3 is 2.94 bits per heavy atom. The molecule has 0 spiro atoms. The van der Waals surface area contributed by atoms with Crippen LogP contribution in [0.1, 0.15) is 11.5 Å². The molecule has 0 aliphatic carbocycles. The summed E-state index contributed by atoms with van der Waals surface area (Å²) >= 11 is 3.28. The molecule has 2 aromatic heterocycles. The predicted molar refractivity (Wildman–Crippen MR) is 65.0 cm³/mol. The van der Waals surface area contributed by atoms with Gasteiger partial charge >= 0.3 is 0 Å². The molecule has 0 aliphatic heterocycles. The molecular formula is C11H14BrN3O. The Kier molecular flexibility index (Phi) is 3.79. The molecule has 5 heteroatoms. The van der Waals surface area contributed by atoms with Gasteiger partial charge in [-0.15, -0.1) is 0 Å². The molecule has 0 fully saturated rings. The van der Waals surface area contributed by atoms with Crippen LogP contribution in [0.4, 0.5) is 0 Å². The lowest BCUT2D eigenvalue weighted by molar-refractivity contribution is 0.478. The van der Waals surface area contributed by atoms with E-state index in [9.17, 15) is 0 Å². The van der Waals surface area contributed by atoms with Gasteiger partial charge in [-0.1, -0.05) is 0 Å². The summed E-state index contributed by atoms with van der Waals surface area (Å²) in [5.74, 6) is 0.990. The molecule has 0 saturated carbocycles. The van der Waals surface area contributed by atoms with Crippen molar-refractivity contribution in [1.29, 1.82) is 0 Å². The van der Waals surface area contributed by atoms with E-state index in [2.05, 4.69) is 26.3 Å². The van der Waals surface area contributed by atoms with E-state index >= 15 is 0 Å². The van der Waals surface area contributed by atoms with Crippen molar-refractivity contribution in [2.45, 2.75) is 13.0 Å². The summed E-state index contributed by atoms with van der Waals surface area (Å²) in [6.45, 7) is 1.73. The first-order valence-electron chi connectivity index (χ1n) is 5.17. The topological polar surface area (TPSA) is 43.0 Å². The van der Waals surface area contributed by atoms with E-state index in [4.69, 9.17) is 4.42 Å². The van der Waals surface area contributed by atoms with Gasteiger partial charge < -0.3 is 9.73 Å². The molecule has 0 unspecified atom stereocenters. The Morgan fingerprint density at radius 2 is 2.31 bits per heavy atom. The molecule has 4 nitrogen and oxygen atoms in total. The zero-order valence-corrected chi connectivity index (χ0v) is 10.7. The van der Waals surface area contributed by atoms with Crippen molar-refractivity contribution in [2.75, 3.05) is 6.54 Å². The zero-order valence-electron chi connectivity index (χ0n) is 9.11. The highest BCUT2D eigenvalue weighted by Crippen LogP contribution is 2.13. The Morgan fingerprint density at radius 1 is 1.44 bits per heavy atom. The number of halogens is 1. The van der Waals surface area contributed by atoms with Gasteiger partial charge in [0, 0.05) is 32.8 Å². The minimum atomic E-state index is 0.786. The lowest BCUT2D eigenvalue weighted by atomic mass is 10.3. The minimum absolute atomic E-state index is 0.786. The Bertz CT molecular complexity index is 450. The smallest absolute Gasteiger partial charge is 0.169 e. The zero-order chi connectivity index (χ0) is 11.4. The van der Waals surface area contributed by atoms with Crippen molar-refractivity contribution >= 4 is 15.9 Å². The summed E-state index contributed by atoms with van der Waals surface area (Å²) in [6.07, 6.45) is 2.70. The van der Waals surface area contributed by atoms with Crippen LogP contribution in [0, 0.1) is 0 Å². The molecule has 0 atom stereocenters. The van der Waals surface area contributed by atoms with Crippen LogP contribution in [-0.4, -0.2) is 16.3 Å². The van der Waals surface area contributed by atoms with Gasteiger partial charge in [-0.05, 0) is 34.1 Å². The van der Waals surface area contributed by atoms with Crippen LogP contribution in [0.25, 0.3) is 0 Å². The van der Waals surface area contributed by atoms with Crippen molar-refractivity contribution in [1.82, 2.24) is 15.1 Å². The van der Waals surface area contributed by atoms with Crippen molar-refractivity contribution in [3.63, 3.8) is 0 Å². The van der Waals surface area contributed by atoms with E-state index in [0.29, 0.717) is 0 Å². The third-order valence-corrected chi connectivity index (χ3v) is 2.83. The quantitative estimate of drug-likeness (QED) is 0.855. The van der Waals surface area contributed by atoms with Crippen molar-refractivity contribution in [2.24, 2.45) is 7.05 Å². The Hall–Kier alpha value is -1.07. The SMILES string of the molecule is Cn1nccc1CNCCc1ccc(Br)o1. The van der Waals surface area contributed by atoms with E-state index in [1.165, 1.54) is 5.69 Å². The molecule has 0 bridgehead atoms. The largest absolute Gasteiger partial charge is 0.454 e. The molecule has 0 amide bonds. The van der Waals surface area contributed by atoms with E-state index in [0.717, 1.165) is 29.9 Å². The maximum absolute atomic E-state index is 5.40. The fourth-order valence-corrected chi connectivity index (χ4v) is 1.83. The number of nitrogens with zero attached hydrogens (tertiary/aromatic N) is 2. The fraction of sp³-hybridized carbons (Fsp3) is 0.364. The highest BCUT2D eigenvalue weighted by molar-refractivity contribution is 9.10. The Labute approximate surface area is 103 Å². The Balaban J connectivity index is 1.71. The van der Waals surface area contributed by atoms with Gasteiger partial charge in [-0.2, -0.15) is 5.10 Å². The van der Waals surface area contributed by atoms with E-state index in [1.54, 1.807) is 6.20 Å². The number of aromatic nitrogens is 2. The van der Waals surface area contributed by atoms with Crippen LogP contribution in [0.3, 0.4) is 0 Å². The first-order valence-corrected chi connectivity index (χ1v) is 5.97. The molecule has 0 aliphatic rings. The van der Waals surface area contributed by atoms with Crippen molar-refractivity contribution < 1.29 is 4.42 Å². The number of hydrogen-bond acceptors (Lipinski definition) is 3. The average molecular weight is 284 g/mol. The second kappa shape index (κ2) is 5.32. The highest BCUT2D eigenvalue weighted by atomic mass is 79.9. The summed E-state index contributed by atoms with van der Waals surface area (Å²) in [5.41, 5.74) is 1.18. The van der Waals surface area contributed by atoms with Crippen LogP contribution < -0.4 is 5.32 Å². The van der Waals surface area contributed by atoms with E-state index < -0.39 is 0 Å². The van der Waals surface area contributed by atoms with E-state index in [1.807, 2.05) is 29.9 Å². The van der Waals surface area contributed by atoms with Crippen LogP contribution in [0.5, 0.6) is 0 Å². The average Bonchev–Trinajstić information content (AvgIpc) is 2.83. The molecule has 1 N–H and O–H groups in total. The molecule has 2 aromatic rings. The van der Waals surface area contributed by atoms with Gasteiger partial charge in [0.25, 0.3) is 0 Å². The number of furan rings is 1. The van der Waals surface area contributed by atoms with Gasteiger partial charge in [0.05, 0.1) is 5.69 Å². The van der Waals surface area contributed by atoms with Crippen LogP contribution in [0.2, 0.25) is 0 Å². The van der Waals surface area contributed by atoms with Gasteiger partial charge in [-0.3, -0.25) is 4.68 Å². The maximum Gasteiger partial charge on any atom is 0.169 e. The molecular weight excluding hydrogens is 270 g/mol. The number of rotatable bonds is 5. The van der Waals surface area contributed by atoms with Gasteiger partial charge in [0.1, 0.15) is 5.76 Å². The normalized spacial score (nSPS) is 10.9. The maximum atomic E-state index is 5.40. The third kappa shape index (κ3) is 2.96. The molecule has 0 radical (unpaired) electrons. The summed E-state index contributed by atoms with van der Waals surface area (Å²) in [5, 5.41) is 7.46. The summed E-state index contributed by atoms with van der Waals surface area (Å²) in [7, 11) is 1.95. The minimum Gasteiger partial charge on any atom is -0.454 e. The molecule has 0 saturated heterocycles. The van der Waals surface area contributed by atoms with Crippen molar-refractivity contribution in [3.05, 3.63) is 40.5 Å².